The minimum Gasteiger partial charge on any atom is -0.454 e. The molecule has 0 heterocycles. The van der Waals surface area contributed by atoms with E-state index in [2.05, 4.69) is 0 Å². The first-order valence-electron chi connectivity index (χ1n) is 4.92. The quantitative estimate of drug-likeness (QED) is 0.803. The molecule has 2 aromatic carbocycles. The van der Waals surface area contributed by atoms with Crippen LogP contribution in [0.25, 0.3) is 0 Å². The van der Waals surface area contributed by atoms with E-state index in [0.29, 0.717) is 11.4 Å². The Morgan fingerprint density at radius 1 is 1.12 bits per heavy atom. The highest BCUT2D eigenvalue weighted by Crippen LogP contribution is 2.25. The smallest absolute Gasteiger partial charge is 0.167 e. The normalized spacial score (nSPS) is 9.65. The van der Waals surface area contributed by atoms with E-state index in [1.165, 1.54) is 12.1 Å². The molecule has 0 atom stereocenters. The van der Waals surface area contributed by atoms with Crippen molar-refractivity contribution in [1.29, 1.82) is 5.26 Å². The summed E-state index contributed by atoms with van der Waals surface area (Å²) in [4.78, 5) is 0. The van der Waals surface area contributed by atoms with Gasteiger partial charge in [0.15, 0.2) is 11.6 Å². The number of rotatable bonds is 2. The van der Waals surface area contributed by atoms with E-state index in [4.69, 9.17) is 15.7 Å². The minimum atomic E-state index is -0.569. The number of anilines is 1. The Kier molecular flexibility index (Phi) is 2.93. The zero-order valence-electron chi connectivity index (χ0n) is 8.85. The van der Waals surface area contributed by atoms with Gasteiger partial charge in [-0.2, -0.15) is 5.26 Å². The second-order valence-corrected chi connectivity index (χ2v) is 3.43. The summed E-state index contributed by atoms with van der Waals surface area (Å²) >= 11 is 0. The third-order valence-corrected chi connectivity index (χ3v) is 2.17. The Hall–Kier alpha value is -2.54. The van der Waals surface area contributed by atoms with Crippen LogP contribution in [0.2, 0.25) is 0 Å². The minimum absolute atomic E-state index is 0.0776. The van der Waals surface area contributed by atoms with Crippen LogP contribution >= 0.6 is 0 Å². The standard InChI is InChI=1S/C13H9FN2O/c14-12-7-9(8-15)1-6-13(12)17-11-4-2-10(16)3-5-11/h1-7H,16H2. The number of nitrogens with zero attached hydrogens (tertiary/aromatic N) is 1. The number of benzene rings is 2. The van der Waals surface area contributed by atoms with Crippen LogP contribution in [-0.4, -0.2) is 0 Å². The Bertz CT molecular complexity index is 573. The molecule has 0 unspecified atom stereocenters. The summed E-state index contributed by atoms with van der Waals surface area (Å²) in [5.74, 6) is -0.00236. The molecule has 17 heavy (non-hydrogen) atoms. The van der Waals surface area contributed by atoms with Crippen molar-refractivity contribution in [2.45, 2.75) is 0 Å². The number of nitrogens with two attached hydrogens (primary N) is 1. The van der Waals surface area contributed by atoms with Crippen LogP contribution in [0.4, 0.5) is 10.1 Å². The van der Waals surface area contributed by atoms with Crippen molar-refractivity contribution < 1.29 is 9.13 Å². The fraction of sp³-hybridized carbons (Fsp3) is 0. The number of hydrogen-bond donors (Lipinski definition) is 1. The molecule has 0 aromatic heterocycles. The molecular weight excluding hydrogens is 219 g/mol. The maximum Gasteiger partial charge on any atom is 0.167 e. The highest BCUT2D eigenvalue weighted by Gasteiger charge is 2.05. The molecule has 84 valence electrons. The molecule has 0 aliphatic carbocycles. The summed E-state index contributed by atoms with van der Waals surface area (Å²) in [6.45, 7) is 0. The molecule has 0 saturated heterocycles. The summed E-state index contributed by atoms with van der Waals surface area (Å²) in [7, 11) is 0. The molecule has 0 spiro atoms. The zero-order valence-corrected chi connectivity index (χ0v) is 8.85. The van der Waals surface area contributed by atoms with Crippen molar-refractivity contribution in [1.82, 2.24) is 0 Å². The Morgan fingerprint density at radius 3 is 2.41 bits per heavy atom. The van der Waals surface area contributed by atoms with E-state index in [9.17, 15) is 4.39 Å². The summed E-state index contributed by atoms with van der Waals surface area (Å²) < 4.78 is 18.8. The molecule has 0 fully saturated rings. The van der Waals surface area contributed by atoms with E-state index in [1.54, 1.807) is 24.3 Å². The molecule has 0 aliphatic rings. The summed E-state index contributed by atoms with van der Waals surface area (Å²) in [6.07, 6.45) is 0. The van der Waals surface area contributed by atoms with Gasteiger partial charge in [-0.15, -0.1) is 0 Å². The van der Waals surface area contributed by atoms with Crippen molar-refractivity contribution in [3.8, 4) is 17.6 Å². The molecular formula is C13H9FN2O. The van der Waals surface area contributed by atoms with E-state index >= 15 is 0 Å². The lowest BCUT2D eigenvalue weighted by Crippen LogP contribution is -1.90. The number of nitriles is 1. The van der Waals surface area contributed by atoms with Gasteiger partial charge in [-0.1, -0.05) is 0 Å². The maximum absolute atomic E-state index is 13.5. The average molecular weight is 228 g/mol. The second-order valence-electron chi connectivity index (χ2n) is 3.43. The molecule has 2 aromatic rings. The maximum atomic E-state index is 13.5. The van der Waals surface area contributed by atoms with Gasteiger partial charge in [0, 0.05) is 5.69 Å². The second kappa shape index (κ2) is 4.54. The summed E-state index contributed by atoms with van der Waals surface area (Å²) in [6, 6.07) is 12.5. The third kappa shape index (κ3) is 2.52. The molecule has 0 radical (unpaired) electrons. The molecule has 0 saturated carbocycles. The van der Waals surface area contributed by atoms with Crippen molar-refractivity contribution in [3.63, 3.8) is 0 Å². The average Bonchev–Trinajstić information content (AvgIpc) is 2.34. The van der Waals surface area contributed by atoms with Crippen LogP contribution in [0.5, 0.6) is 11.5 Å². The van der Waals surface area contributed by atoms with Gasteiger partial charge in [-0.05, 0) is 42.5 Å². The molecule has 2 N–H and O–H groups in total. The van der Waals surface area contributed by atoms with Gasteiger partial charge >= 0.3 is 0 Å². The first kappa shape index (κ1) is 11.0. The van der Waals surface area contributed by atoms with Crippen LogP contribution in [0, 0.1) is 17.1 Å². The lowest BCUT2D eigenvalue weighted by molar-refractivity contribution is 0.442. The first-order valence-corrected chi connectivity index (χ1v) is 4.92. The van der Waals surface area contributed by atoms with Crippen LogP contribution in [0.3, 0.4) is 0 Å². The number of nitrogen functional groups attached to an aromatic ring is 1. The first-order chi connectivity index (χ1) is 8.19. The highest BCUT2D eigenvalue weighted by atomic mass is 19.1. The van der Waals surface area contributed by atoms with Gasteiger partial charge in [0.25, 0.3) is 0 Å². The monoisotopic (exact) mass is 228 g/mol. The van der Waals surface area contributed by atoms with Crippen molar-refractivity contribution in [2.75, 3.05) is 5.73 Å². The van der Waals surface area contributed by atoms with Gasteiger partial charge in [0.05, 0.1) is 11.6 Å². The predicted molar refractivity (Wildman–Crippen MR) is 62.0 cm³/mol. The lowest BCUT2D eigenvalue weighted by atomic mass is 10.2. The third-order valence-electron chi connectivity index (χ3n) is 2.17. The molecule has 4 heteroatoms. The number of ether oxygens (including phenoxy) is 1. The molecule has 3 nitrogen and oxygen atoms in total. The number of halogens is 1. The van der Waals surface area contributed by atoms with Crippen LogP contribution in [-0.2, 0) is 0 Å². The summed E-state index contributed by atoms with van der Waals surface area (Å²) in [5, 5.41) is 8.60. The van der Waals surface area contributed by atoms with Gasteiger partial charge in [-0.3, -0.25) is 0 Å². The van der Waals surface area contributed by atoms with Gasteiger partial charge in [0.1, 0.15) is 5.75 Å². The Morgan fingerprint density at radius 2 is 1.82 bits per heavy atom. The summed E-state index contributed by atoms with van der Waals surface area (Å²) in [5.41, 5.74) is 6.39. The fourth-order valence-corrected chi connectivity index (χ4v) is 1.32. The fourth-order valence-electron chi connectivity index (χ4n) is 1.32. The van der Waals surface area contributed by atoms with E-state index in [0.717, 1.165) is 6.07 Å². The van der Waals surface area contributed by atoms with Crippen LogP contribution < -0.4 is 10.5 Å². The van der Waals surface area contributed by atoms with Gasteiger partial charge in [-0.25, -0.2) is 4.39 Å². The van der Waals surface area contributed by atoms with Crippen LogP contribution in [0.1, 0.15) is 5.56 Å². The van der Waals surface area contributed by atoms with Crippen molar-refractivity contribution in [3.05, 3.63) is 53.8 Å². The van der Waals surface area contributed by atoms with Gasteiger partial charge < -0.3 is 10.5 Å². The molecule has 0 aliphatic heterocycles. The number of hydrogen-bond acceptors (Lipinski definition) is 3. The van der Waals surface area contributed by atoms with E-state index < -0.39 is 5.82 Å². The zero-order chi connectivity index (χ0) is 12.3. The van der Waals surface area contributed by atoms with Gasteiger partial charge in [0.2, 0.25) is 0 Å². The topological polar surface area (TPSA) is 59.0 Å². The predicted octanol–water partition coefficient (Wildman–Crippen LogP) is 3.07. The molecule has 0 amide bonds. The highest BCUT2D eigenvalue weighted by molar-refractivity contribution is 5.44. The van der Waals surface area contributed by atoms with E-state index in [-0.39, 0.29) is 11.3 Å². The molecule has 0 bridgehead atoms. The lowest BCUT2D eigenvalue weighted by Gasteiger charge is -2.06. The Balaban J connectivity index is 2.25. The van der Waals surface area contributed by atoms with Crippen molar-refractivity contribution >= 4 is 5.69 Å². The molecule has 2 rings (SSSR count). The SMILES string of the molecule is N#Cc1ccc(Oc2ccc(N)cc2)c(F)c1. The largest absolute Gasteiger partial charge is 0.454 e. The van der Waals surface area contributed by atoms with Crippen molar-refractivity contribution in [2.24, 2.45) is 0 Å². The van der Waals surface area contributed by atoms with Crippen LogP contribution in [0.15, 0.2) is 42.5 Å². The van der Waals surface area contributed by atoms with E-state index in [1.807, 2.05) is 6.07 Å². The Labute approximate surface area is 97.9 Å².